The number of carbonyl (C=O) groups is 1. The van der Waals surface area contributed by atoms with Gasteiger partial charge in [-0.1, -0.05) is 12.8 Å². The van der Waals surface area contributed by atoms with E-state index in [0.717, 1.165) is 48.5 Å². The number of aryl methyl sites for hydroxylation is 1. The van der Waals surface area contributed by atoms with Gasteiger partial charge in [-0.25, -0.2) is 9.37 Å². The Kier molecular flexibility index (Phi) is 5.90. The number of likely N-dealkylation sites (tertiary alicyclic amines) is 1. The summed E-state index contributed by atoms with van der Waals surface area (Å²) in [5, 5.41) is 2.73. The fraction of sp³-hybridized carbons (Fsp3) is 0.304. The smallest absolute Gasteiger partial charge is 0.247 e. The molecule has 3 heterocycles. The van der Waals surface area contributed by atoms with Gasteiger partial charge in [0.25, 0.3) is 0 Å². The average molecular weight is 410 g/mol. The van der Waals surface area contributed by atoms with Crippen molar-refractivity contribution in [1.82, 2.24) is 14.5 Å². The average Bonchev–Trinajstić information content (AvgIpc) is 3.29. The first kappa shape index (κ1) is 19.6. The quantitative estimate of drug-likeness (QED) is 0.538. The molecule has 29 heavy (non-hydrogen) atoms. The number of amides is 1. The zero-order chi connectivity index (χ0) is 20.2. The highest BCUT2D eigenvalue weighted by Gasteiger charge is 2.27. The van der Waals surface area contributed by atoms with E-state index in [2.05, 4.69) is 15.6 Å². The minimum absolute atomic E-state index is 0.0226. The van der Waals surface area contributed by atoms with Crippen LogP contribution in [-0.4, -0.2) is 26.9 Å². The molecule has 150 valence electrons. The van der Waals surface area contributed by atoms with E-state index in [4.69, 9.17) is 0 Å². The van der Waals surface area contributed by atoms with Crippen LogP contribution in [0.4, 0.5) is 4.39 Å². The van der Waals surface area contributed by atoms with Gasteiger partial charge in [0.2, 0.25) is 5.91 Å². The summed E-state index contributed by atoms with van der Waals surface area (Å²) in [5.74, 6) is -0.240. The maximum atomic E-state index is 13.1. The predicted molar refractivity (Wildman–Crippen MR) is 115 cm³/mol. The number of aromatic nitrogens is 2. The molecule has 1 aliphatic heterocycles. The highest BCUT2D eigenvalue weighted by molar-refractivity contribution is 7.13. The van der Waals surface area contributed by atoms with Gasteiger partial charge < -0.3 is 9.47 Å². The largest absolute Gasteiger partial charge is 0.353 e. The Labute approximate surface area is 174 Å². The highest BCUT2D eigenvalue weighted by Crippen LogP contribution is 2.31. The van der Waals surface area contributed by atoms with Crippen molar-refractivity contribution >= 4 is 23.3 Å². The Balaban J connectivity index is 1.50. The van der Waals surface area contributed by atoms with Crippen LogP contribution in [0.15, 0.2) is 54.1 Å². The van der Waals surface area contributed by atoms with Crippen LogP contribution in [0.25, 0.3) is 16.6 Å². The highest BCUT2D eigenvalue weighted by atomic mass is 32.1. The molecule has 4 nitrogen and oxygen atoms in total. The van der Waals surface area contributed by atoms with Crippen molar-refractivity contribution in [2.24, 2.45) is 7.05 Å². The van der Waals surface area contributed by atoms with Gasteiger partial charge in [0, 0.05) is 42.5 Å². The third kappa shape index (κ3) is 4.48. The zero-order valence-electron chi connectivity index (χ0n) is 16.4. The van der Waals surface area contributed by atoms with E-state index in [1.807, 2.05) is 29.6 Å². The number of nitrogens with zero attached hydrogens (tertiary/aromatic N) is 3. The standard InChI is InChI=1S/C23H24FN3OS/c1-26-14-5-7-20(26)21-6-3-2-4-15-27(21)22(28)13-12-19-16-29-23(25-19)17-8-10-18(24)11-9-17/h5,7-14,16,21H,2-4,6,15H2,1H3/b13-12+/t21-/m0/s1. The molecule has 0 bridgehead atoms. The first-order valence-corrected chi connectivity index (χ1v) is 10.8. The molecule has 0 radical (unpaired) electrons. The van der Waals surface area contributed by atoms with Gasteiger partial charge in [-0.05, 0) is 55.3 Å². The molecule has 2 aromatic heterocycles. The van der Waals surface area contributed by atoms with E-state index >= 15 is 0 Å². The Hall–Kier alpha value is -2.73. The minimum atomic E-state index is -0.263. The van der Waals surface area contributed by atoms with Crippen molar-refractivity contribution in [2.45, 2.75) is 31.7 Å². The van der Waals surface area contributed by atoms with Gasteiger partial charge >= 0.3 is 0 Å². The summed E-state index contributed by atoms with van der Waals surface area (Å²) < 4.78 is 15.2. The van der Waals surface area contributed by atoms with Crippen molar-refractivity contribution < 1.29 is 9.18 Å². The third-order valence-electron chi connectivity index (χ3n) is 5.37. The summed E-state index contributed by atoms with van der Waals surface area (Å²) in [7, 11) is 2.03. The minimum Gasteiger partial charge on any atom is -0.353 e. The second-order valence-electron chi connectivity index (χ2n) is 7.36. The second kappa shape index (κ2) is 8.74. The van der Waals surface area contributed by atoms with Crippen molar-refractivity contribution in [3.63, 3.8) is 0 Å². The lowest BCUT2D eigenvalue weighted by Gasteiger charge is -2.29. The second-order valence-corrected chi connectivity index (χ2v) is 8.22. The molecule has 1 fully saturated rings. The lowest BCUT2D eigenvalue weighted by Crippen LogP contribution is -2.34. The van der Waals surface area contributed by atoms with Gasteiger partial charge in [-0.2, -0.15) is 0 Å². The van der Waals surface area contributed by atoms with Crippen LogP contribution in [0.5, 0.6) is 0 Å². The van der Waals surface area contributed by atoms with Crippen LogP contribution in [0.2, 0.25) is 0 Å². The topological polar surface area (TPSA) is 38.1 Å². The Bertz CT molecular complexity index is 1010. The maximum absolute atomic E-state index is 13.1. The summed E-state index contributed by atoms with van der Waals surface area (Å²) in [4.78, 5) is 19.6. The van der Waals surface area contributed by atoms with E-state index in [1.54, 1.807) is 24.3 Å². The molecular weight excluding hydrogens is 385 g/mol. The van der Waals surface area contributed by atoms with Gasteiger partial charge in [0.05, 0.1) is 11.7 Å². The van der Waals surface area contributed by atoms with E-state index < -0.39 is 0 Å². The van der Waals surface area contributed by atoms with Crippen LogP contribution in [-0.2, 0) is 11.8 Å². The molecular formula is C23H24FN3OS. The van der Waals surface area contributed by atoms with Crippen LogP contribution < -0.4 is 0 Å². The number of thiazole rings is 1. The summed E-state index contributed by atoms with van der Waals surface area (Å²) >= 11 is 1.49. The van der Waals surface area contributed by atoms with Crippen LogP contribution in [0.1, 0.15) is 43.1 Å². The van der Waals surface area contributed by atoms with Crippen molar-refractivity contribution in [1.29, 1.82) is 0 Å². The van der Waals surface area contributed by atoms with Crippen LogP contribution in [0.3, 0.4) is 0 Å². The lowest BCUT2D eigenvalue weighted by molar-refractivity contribution is -0.128. The molecule has 6 heteroatoms. The van der Waals surface area contributed by atoms with E-state index in [9.17, 15) is 9.18 Å². The summed E-state index contributed by atoms with van der Waals surface area (Å²) in [6.45, 7) is 0.775. The molecule has 1 saturated heterocycles. The molecule has 1 atom stereocenters. The zero-order valence-corrected chi connectivity index (χ0v) is 17.2. The third-order valence-corrected chi connectivity index (χ3v) is 6.28. The molecule has 1 aliphatic rings. The summed E-state index contributed by atoms with van der Waals surface area (Å²) in [6.07, 6.45) is 9.75. The van der Waals surface area contributed by atoms with Gasteiger partial charge in [-0.3, -0.25) is 4.79 Å². The first-order valence-electron chi connectivity index (χ1n) is 9.93. The number of rotatable bonds is 4. The molecule has 3 aromatic rings. The SMILES string of the molecule is Cn1cccc1[C@@H]1CCCCCN1C(=O)/C=C/c1csc(-c2ccc(F)cc2)n1. The Morgan fingerprint density at radius 1 is 1.21 bits per heavy atom. The van der Waals surface area contributed by atoms with E-state index in [0.29, 0.717) is 0 Å². The fourth-order valence-electron chi connectivity index (χ4n) is 3.84. The summed E-state index contributed by atoms with van der Waals surface area (Å²) in [5.41, 5.74) is 2.80. The molecule has 0 saturated carbocycles. The van der Waals surface area contributed by atoms with Crippen molar-refractivity contribution in [2.75, 3.05) is 6.54 Å². The molecule has 0 spiro atoms. The van der Waals surface area contributed by atoms with E-state index in [-0.39, 0.29) is 17.8 Å². The van der Waals surface area contributed by atoms with Crippen molar-refractivity contribution in [3.8, 4) is 10.6 Å². The van der Waals surface area contributed by atoms with Crippen molar-refractivity contribution in [3.05, 3.63) is 71.3 Å². The summed E-state index contributed by atoms with van der Waals surface area (Å²) in [6, 6.07) is 10.5. The van der Waals surface area contributed by atoms with Gasteiger partial charge in [0.15, 0.2) is 0 Å². The Morgan fingerprint density at radius 2 is 2.03 bits per heavy atom. The molecule has 0 aliphatic carbocycles. The molecule has 0 N–H and O–H groups in total. The number of hydrogen-bond acceptors (Lipinski definition) is 3. The number of hydrogen-bond donors (Lipinski definition) is 0. The fourth-order valence-corrected chi connectivity index (χ4v) is 4.63. The number of carbonyl (C=O) groups excluding carboxylic acids is 1. The lowest BCUT2D eigenvalue weighted by atomic mass is 10.1. The first-order chi connectivity index (χ1) is 14.1. The van der Waals surface area contributed by atoms with E-state index in [1.165, 1.54) is 29.2 Å². The van der Waals surface area contributed by atoms with Gasteiger partial charge in [0.1, 0.15) is 10.8 Å². The maximum Gasteiger partial charge on any atom is 0.247 e. The number of benzene rings is 1. The predicted octanol–water partition coefficient (Wildman–Crippen LogP) is 5.44. The molecule has 1 aromatic carbocycles. The molecule has 1 amide bonds. The van der Waals surface area contributed by atoms with Gasteiger partial charge in [-0.15, -0.1) is 11.3 Å². The number of halogens is 1. The molecule has 0 unspecified atom stereocenters. The Morgan fingerprint density at radius 3 is 2.79 bits per heavy atom. The normalized spacial score (nSPS) is 17.6. The molecule has 4 rings (SSSR count). The van der Waals surface area contributed by atoms with Crippen LogP contribution >= 0.6 is 11.3 Å². The monoisotopic (exact) mass is 409 g/mol. The van der Waals surface area contributed by atoms with Crippen LogP contribution in [0, 0.1) is 5.82 Å².